The zero-order chi connectivity index (χ0) is 27.3. The molecule has 2 rings (SSSR count). The molecule has 0 radical (unpaired) electrons. The van der Waals surface area contributed by atoms with Gasteiger partial charge in [0, 0.05) is 18.3 Å². The Balaban J connectivity index is 2.22. The Morgan fingerprint density at radius 2 is 1.78 bits per heavy atom. The lowest BCUT2D eigenvalue weighted by molar-refractivity contribution is 0.0172. The van der Waals surface area contributed by atoms with Gasteiger partial charge in [0.1, 0.15) is 23.1 Å². The maximum absolute atomic E-state index is 12.6. The first-order chi connectivity index (χ1) is 16.5. The lowest BCUT2D eigenvalue weighted by atomic mass is 10.2. The van der Waals surface area contributed by atoms with Gasteiger partial charge in [0.2, 0.25) is 0 Å². The van der Waals surface area contributed by atoms with Crippen molar-refractivity contribution in [3.63, 3.8) is 0 Å². The quantitative estimate of drug-likeness (QED) is 0.254. The van der Waals surface area contributed by atoms with Gasteiger partial charge in [0.15, 0.2) is 14.1 Å². The third-order valence-electron chi connectivity index (χ3n) is 6.09. The first-order valence-corrected chi connectivity index (χ1v) is 15.7. The molecule has 2 aromatic rings. The molecule has 0 fully saturated rings. The summed E-state index contributed by atoms with van der Waals surface area (Å²) in [6, 6.07) is 9.38. The van der Waals surface area contributed by atoms with Crippen molar-refractivity contribution in [2.75, 3.05) is 20.2 Å². The fourth-order valence-electron chi connectivity index (χ4n) is 3.13. The molecule has 1 heterocycles. The zero-order valence-electron chi connectivity index (χ0n) is 23.4. The van der Waals surface area contributed by atoms with Crippen molar-refractivity contribution in [2.24, 2.45) is 0 Å². The summed E-state index contributed by atoms with van der Waals surface area (Å²) in [5, 5.41) is 0.424. The highest BCUT2D eigenvalue weighted by Gasteiger charge is 2.40. The zero-order valence-corrected chi connectivity index (χ0v) is 25.2. The normalized spacial score (nSPS) is 13.3. The molecule has 0 bridgehead atoms. The number of carbonyl (C=O) groups excluding carboxylic acids is 1. The topological polar surface area (TPSA) is 73.8 Å². The molecule has 36 heavy (non-hydrogen) atoms. The molecular formula is C27H42ClN3O4Si. The van der Waals surface area contributed by atoms with Crippen LogP contribution in [-0.4, -0.2) is 61.2 Å². The van der Waals surface area contributed by atoms with Gasteiger partial charge >= 0.3 is 6.09 Å². The average molecular weight is 536 g/mol. The maximum Gasteiger partial charge on any atom is 0.410 e. The van der Waals surface area contributed by atoms with Gasteiger partial charge in [-0.2, -0.15) is 0 Å². The molecule has 0 saturated heterocycles. The van der Waals surface area contributed by atoms with Gasteiger partial charge in [-0.25, -0.2) is 14.8 Å². The molecule has 7 nitrogen and oxygen atoms in total. The predicted molar refractivity (Wildman–Crippen MR) is 148 cm³/mol. The van der Waals surface area contributed by atoms with Gasteiger partial charge in [-0.05, 0) is 63.5 Å². The second-order valence-corrected chi connectivity index (χ2v) is 16.7. The van der Waals surface area contributed by atoms with Crippen molar-refractivity contribution >= 4 is 26.0 Å². The van der Waals surface area contributed by atoms with Crippen LogP contribution in [0.3, 0.4) is 0 Å². The van der Waals surface area contributed by atoms with E-state index in [0.717, 1.165) is 17.7 Å². The summed E-state index contributed by atoms with van der Waals surface area (Å²) >= 11 is 6.20. The Kier molecular flexibility index (Phi) is 9.96. The summed E-state index contributed by atoms with van der Waals surface area (Å²) in [5.74, 6) is 1.22. The van der Waals surface area contributed by atoms with Crippen molar-refractivity contribution in [1.82, 2.24) is 14.9 Å². The standard InChI is InChI=1S/C27H42ClN3O4Si/c1-11-20-16-23(28)30-24(29-20)19-13-12-14-21(15-19)33-18-22(35-36(9,10)27(5,6)7)17-31(8)25(32)34-26(2,3)4/h12-16,22H,11,17-18H2,1-10H3. The number of hydrogen-bond acceptors (Lipinski definition) is 6. The molecule has 9 heteroatoms. The molecule has 1 aromatic carbocycles. The van der Waals surface area contributed by atoms with Crippen LogP contribution >= 0.6 is 11.6 Å². The summed E-state index contributed by atoms with van der Waals surface area (Å²) in [5.41, 5.74) is 1.12. The van der Waals surface area contributed by atoms with Crippen LogP contribution in [-0.2, 0) is 15.6 Å². The number of rotatable bonds is 9. The Morgan fingerprint density at radius 1 is 1.11 bits per heavy atom. The molecule has 1 aromatic heterocycles. The van der Waals surface area contributed by atoms with Crippen LogP contribution in [0.15, 0.2) is 30.3 Å². The minimum Gasteiger partial charge on any atom is -0.491 e. The van der Waals surface area contributed by atoms with Gasteiger partial charge in [-0.3, -0.25) is 0 Å². The number of benzene rings is 1. The summed E-state index contributed by atoms with van der Waals surface area (Å²) in [6.07, 6.45) is 0.0441. The summed E-state index contributed by atoms with van der Waals surface area (Å²) in [7, 11) is -0.408. The molecule has 0 aliphatic rings. The Hall–Kier alpha value is -2.16. The van der Waals surface area contributed by atoms with Crippen LogP contribution in [0.4, 0.5) is 4.79 Å². The minimum absolute atomic E-state index is 0.0105. The highest BCUT2D eigenvalue weighted by Crippen LogP contribution is 2.37. The van der Waals surface area contributed by atoms with Gasteiger partial charge in [-0.15, -0.1) is 0 Å². The number of aromatic nitrogens is 2. The number of amides is 1. The van der Waals surface area contributed by atoms with Crippen molar-refractivity contribution in [2.45, 2.75) is 84.7 Å². The number of halogens is 1. The third-order valence-corrected chi connectivity index (χ3v) is 10.8. The molecule has 1 unspecified atom stereocenters. The van der Waals surface area contributed by atoms with Crippen LogP contribution in [0.25, 0.3) is 11.4 Å². The van der Waals surface area contributed by atoms with E-state index in [0.29, 0.717) is 23.3 Å². The smallest absolute Gasteiger partial charge is 0.410 e. The summed E-state index contributed by atoms with van der Waals surface area (Å²) in [6.45, 7) is 19.2. The van der Waals surface area contributed by atoms with Gasteiger partial charge in [-0.1, -0.05) is 51.4 Å². The van der Waals surface area contributed by atoms with Crippen molar-refractivity contribution in [3.05, 3.63) is 41.2 Å². The number of carbonyl (C=O) groups is 1. The predicted octanol–water partition coefficient (Wildman–Crippen LogP) is 7.00. The summed E-state index contributed by atoms with van der Waals surface area (Å²) in [4.78, 5) is 23.1. The van der Waals surface area contributed by atoms with Gasteiger partial charge < -0.3 is 18.8 Å². The maximum atomic E-state index is 12.6. The molecule has 0 aliphatic heterocycles. The average Bonchev–Trinajstić information content (AvgIpc) is 2.75. The molecule has 1 amide bonds. The molecule has 0 saturated carbocycles. The van der Waals surface area contributed by atoms with Crippen LogP contribution in [0.2, 0.25) is 23.3 Å². The van der Waals surface area contributed by atoms with E-state index >= 15 is 0 Å². The highest BCUT2D eigenvalue weighted by atomic mass is 35.5. The second kappa shape index (κ2) is 11.9. The van der Waals surface area contributed by atoms with Gasteiger partial charge in [0.05, 0.1) is 12.6 Å². The Bertz CT molecular complexity index is 1030. The first-order valence-electron chi connectivity index (χ1n) is 12.4. The number of nitrogens with zero attached hydrogens (tertiary/aromatic N) is 3. The largest absolute Gasteiger partial charge is 0.491 e. The molecule has 0 N–H and O–H groups in total. The lowest BCUT2D eigenvalue weighted by Crippen LogP contribution is -2.49. The highest BCUT2D eigenvalue weighted by molar-refractivity contribution is 6.74. The van der Waals surface area contributed by atoms with E-state index in [4.69, 9.17) is 25.5 Å². The van der Waals surface area contributed by atoms with Gasteiger partial charge in [0.25, 0.3) is 0 Å². The molecule has 200 valence electrons. The van der Waals surface area contributed by atoms with Crippen molar-refractivity contribution in [1.29, 1.82) is 0 Å². The molecule has 0 spiro atoms. The molecule has 0 aliphatic carbocycles. The van der Waals surface area contributed by atoms with Crippen LogP contribution in [0.1, 0.15) is 54.2 Å². The molecular weight excluding hydrogens is 494 g/mol. The van der Waals surface area contributed by atoms with Crippen LogP contribution in [0, 0.1) is 0 Å². The Morgan fingerprint density at radius 3 is 2.36 bits per heavy atom. The number of likely N-dealkylation sites (N-methyl/N-ethyl adjacent to an activating group) is 1. The number of ether oxygens (including phenoxy) is 2. The SMILES string of the molecule is CCc1cc(Cl)nc(-c2cccc(OCC(CN(C)C(=O)OC(C)(C)C)O[Si](C)(C)C(C)(C)C)c2)n1. The number of hydrogen-bond donors (Lipinski definition) is 0. The minimum atomic E-state index is -2.13. The Labute approximate surface area is 222 Å². The third kappa shape index (κ3) is 9.05. The van der Waals surface area contributed by atoms with E-state index in [-0.39, 0.29) is 17.7 Å². The summed E-state index contributed by atoms with van der Waals surface area (Å²) < 4.78 is 18.4. The number of aryl methyl sites for hydroxylation is 1. The van der Waals surface area contributed by atoms with E-state index in [1.807, 2.05) is 52.0 Å². The first kappa shape index (κ1) is 30.1. The van der Waals surface area contributed by atoms with Crippen molar-refractivity contribution in [3.8, 4) is 17.1 Å². The van der Waals surface area contributed by atoms with E-state index in [9.17, 15) is 4.79 Å². The van der Waals surface area contributed by atoms with E-state index in [1.54, 1.807) is 18.0 Å². The monoisotopic (exact) mass is 535 g/mol. The fraction of sp³-hybridized carbons (Fsp3) is 0.593. The van der Waals surface area contributed by atoms with E-state index in [2.05, 4.69) is 43.8 Å². The van der Waals surface area contributed by atoms with E-state index < -0.39 is 20.0 Å². The van der Waals surface area contributed by atoms with Crippen LogP contribution in [0.5, 0.6) is 5.75 Å². The fourth-order valence-corrected chi connectivity index (χ4v) is 4.66. The van der Waals surface area contributed by atoms with Crippen LogP contribution < -0.4 is 4.74 Å². The van der Waals surface area contributed by atoms with E-state index in [1.165, 1.54) is 0 Å². The molecule has 1 atom stereocenters. The lowest BCUT2D eigenvalue weighted by Gasteiger charge is -2.40. The second-order valence-electron chi connectivity index (χ2n) is 11.6. The van der Waals surface area contributed by atoms with Crippen molar-refractivity contribution < 1.29 is 18.7 Å².